The van der Waals surface area contributed by atoms with Crippen molar-refractivity contribution in [1.82, 2.24) is 0 Å². The molecule has 0 spiro atoms. The molecule has 1 heterocycles. The number of carbonyl (C=O) groups is 1. The highest BCUT2D eigenvalue weighted by molar-refractivity contribution is 7.90. The van der Waals surface area contributed by atoms with Crippen LogP contribution < -0.4 is 0 Å². The van der Waals surface area contributed by atoms with Gasteiger partial charge in [0, 0.05) is 6.26 Å². The number of carboxylic acids is 1. The third-order valence-electron chi connectivity index (χ3n) is 2.65. The van der Waals surface area contributed by atoms with Crippen molar-refractivity contribution >= 4 is 27.5 Å². The molecule has 6 heteroatoms. The summed E-state index contributed by atoms with van der Waals surface area (Å²) in [5, 5.41) is 9.23. The van der Waals surface area contributed by atoms with Gasteiger partial charge in [-0.15, -0.1) is 0 Å². The first kappa shape index (κ1) is 14.1. The van der Waals surface area contributed by atoms with E-state index in [1.54, 1.807) is 12.1 Å². The van der Waals surface area contributed by atoms with Gasteiger partial charge in [0.1, 0.15) is 5.76 Å². The molecule has 0 aliphatic carbocycles. The number of sulfone groups is 1. The van der Waals surface area contributed by atoms with Crippen LogP contribution in [-0.2, 0) is 14.6 Å². The molecule has 1 aromatic carbocycles. The first-order valence-corrected chi connectivity index (χ1v) is 7.56. The van der Waals surface area contributed by atoms with E-state index in [4.69, 9.17) is 4.42 Å². The summed E-state index contributed by atoms with van der Waals surface area (Å²) in [4.78, 5) is 11.4. The fraction of sp³-hybridized carbons (Fsp3) is 0.0714. The fourth-order valence-corrected chi connectivity index (χ4v) is 2.30. The Morgan fingerprint density at radius 2 is 1.85 bits per heavy atom. The van der Waals surface area contributed by atoms with Crippen molar-refractivity contribution < 1.29 is 22.7 Å². The van der Waals surface area contributed by atoms with Gasteiger partial charge in [-0.2, -0.15) is 0 Å². The van der Waals surface area contributed by atoms with Crippen molar-refractivity contribution in [1.29, 1.82) is 0 Å². The highest BCUT2D eigenvalue weighted by Crippen LogP contribution is 2.21. The number of aliphatic carboxylic acids is 1. The number of rotatable bonds is 4. The van der Waals surface area contributed by atoms with E-state index in [-0.39, 0.29) is 10.5 Å². The summed E-state index contributed by atoms with van der Waals surface area (Å²) in [6.07, 6.45) is 3.93. The van der Waals surface area contributed by atoms with Gasteiger partial charge < -0.3 is 9.52 Å². The minimum absolute atomic E-state index is 0.0278. The molecule has 0 bridgehead atoms. The molecule has 5 nitrogen and oxygen atoms in total. The molecule has 2 rings (SSSR count). The maximum absolute atomic E-state index is 11.4. The van der Waals surface area contributed by atoms with E-state index < -0.39 is 15.8 Å². The molecule has 20 heavy (non-hydrogen) atoms. The van der Waals surface area contributed by atoms with Crippen LogP contribution in [0.4, 0.5) is 0 Å². The van der Waals surface area contributed by atoms with Gasteiger partial charge in [-0.1, -0.05) is 12.1 Å². The van der Waals surface area contributed by atoms with Crippen LogP contribution in [0.15, 0.2) is 52.0 Å². The van der Waals surface area contributed by atoms with Crippen molar-refractivity contribution in [2.75, 3.05) is 6.26 Å². The molecular weight excluding hydrogens is 280 g/mol. The first-order valence-electron chi connectivity index (χ1n) is 5.67. The Kier molecular flexibility index (Phi) is 3.76. The summed E-state index contributed by atoms with van der Waals surface area (Å²) < 4.78 is 27.8. The van der Waals surface area contributed by atoms with Gasteiger partial charge in [0.2, 0.25) is 0 Å². The lowest BCUT2D eigenvalue weighted by atomic mass is 10.1. The molecule has 0 unspecified atom stereocenters. The van der Waals surface area contributed by atoms with Crippen LogP contribution in [0.25, 0.3) is 11.6 Å². The van der Waals surface area contributed by atoms with Gasteiger partial charge in [-0.3, -0.25) is 0 Å². The largest absolute Gasteiger partial charge is 0.478 e. The standard InChI is InChI=1S/C14H12O5S/c1-20(17,18)12-6-4-10(5-7-12)13(14(15)16)9-11-3-2-8-19-11/h2-9H,1H3,(H,15,16). The molecule has 0 amide bonds. The monoisotopic (exact) mass is 292 g/mol. The van der Waals surface area contributed by atoms with E-state index in [1.807, 2.05) is 0 Å². The highest BCUT2D eigenvalue weighted by atomic mass is 32.2. The number of carboxylic acid groups (broad SMARTS) is 1. The lowest BCUT2D eigenvalue weighted by Gasteiger charge is -2.04. The molecule has 0 saturated heterocycles. The summed E-state index contributed by atoms with van der Waals surface area (Å²) in [5.41, 5.74) is 0.432. The Morgan fingerprint density at radius 1 is 1.20 bits per heavy atom. The maximum Gasteiger partial charge on any atom is 0.336 e. The summed E-state index contributed by atoms with van der Waals surface area (Å²) >= 11 is 0. The van der Waals surface area contributed by atoms with Gasteiger partial charge in [0.15, 0.2) is 9.84 Å². The first-order chi connectivity index (χ1) is 9.38. The van der Waals surface area contributed by atoms with Crippen LogP contribution in [0.5, 0.6) is 0 Å². The molecule has 2 aromatic rings. The molecule has 0 radical (unpaired) electrons. The SMILES string of the molecule is CS(=O)(=O)c1ccc(C(=Cc2ccco2)C(=O)O)cc1. The third-order valence-corrected chi connectivity index (χ3v) is 3.78. The minimum Gasteiger partial charge on any atom is -0.478 e. The van der Waals surface area contributed by atoms with E-state index >= 15 is 0 Å². The molecule has 1 N–H and O–H groups in total. The summed E-state index contributed by atoms with van der Waals surface area (Å²) in [6, 6.07) is 8.96. The van der Waals surface area contributed by atoms with E-state index in [2.05, 4.69) is 0 Å². The van der Waals surface area contributed by atoms with E-state index in [0.29, 0.717) is 11.3 Å². The van der Waals surface area contributed by atoms with E-state index in [1.165, 1.54) is 36.6 Å². The molecule has 0 aliphatic rings. The summed E-state index contributed by atoms with van der Waals surface area (Å²) in [5.74, 6) is -0.705. The van der Waals surface area contributed by atoms with Crippen LogP contribution in [0.3, 0.4) is 0 Å². The number of furan rings is 1. The second-order valence-electron chi connectivity index (χ2n) is 4.18. The van der Waals surface area contributed by atoms with Gasteiger partial charge in [-0.05, 0) is 35.9 Å². The second-order valence-corrected chi connectivity index (χ2v) is 6.19. The lowest BCUT2D eigenvalue weighted by Crippen LogP contribution is -2.01. The molecule has 0 atom stereocenters. The zero-order valence-electron chi connectivity index (χ0n) is 10.6. The predicted octanol–water partition coefficient (Wildman–Crippen LogP) is 2.31. The molecule has 0 aliphatic heterocycles. The van der Waals surface area contributed by atoms with Crippen molar-refractivity contribution in [3.63, 3.8) is 0 Å². The van der Waals surface area contributed by atoms with Gasteiger partial charge in [0.05, 0.1) is 16.7 Å². The molecule has 0 saturated carbocycles. The Hall–Kier alpha value is -2.34. The molecule has 1 aromatic heterocycles. The van der Waals surface area contributed by atoms with Gasteiger partial charge >= 0.3 is 5.97 Å². The van der Waals surface area contributed by atoms with Crippen molar-refractivity contribution in [2.24, 2.45) is 0 Å². The van der Waals surface area contributed by atoms with Crippen LogP contribution in [0.1, 0.15) is 11.3 Å². The zero-order chi connectivity index (χ0) is 14.8. The number of hydrogen-bond acceptors (Lipinski definition) is 4. The minimum atomic E-state index is -3.30. The second kappa shape index (κ2) is 5.34. The van der Waals surface area contributed by atoms with Gasteiger partial charge in [0.25, 0.3) is 0 Å². The Labute approximate surface area is 116 Å². The summed E-state index contributed by atoms with van der Waals surface area (Å²) in [7, 11) is -3.30. The smallest absolute Gasteiger partial charge is 0.336 e. The van der Waals surface area contributed by atoms with Crippen molar-refractivity contribution in [3.05, 3.63) is 54.0 Å². The average molecular weight is 292 g/mol. The Bertz CT molecular complexity index is 737. The topological polar surface area (TPSA) is 84.6 Å². The van der Waals surface area contributed by atoms with Crippen LogP contribution >= 0.6 is 0 Å². The Morgan fingerprint density at radius 3 is 2.30 bits per heavy atom. The molecule has 104 valence electrons. The van der Waals surface area contributed by atoms with Crippen LogP contribution in [0.2, 0.25) is 0 Å². The summed E-state index contributed by atoms with van der Waals surface area (Å²) in [6.45, 7) is 0. The van der Waals surface area contributed by atoms with E-state index in [9.17, 15) is 18.3 Å². The normalized spacial score (nSPS) is 12.3. The quantitative estimate of drug-likeness (QED) is 0.874. The molecule has 0 fully saturated rings. The predicted molar refractivity (Wildman–Crippen MR) is 73.8 cm³/mol. The van der Waals surface area contributed by atoms with Crippen LogP contribution in [-0.4, -0.2) is 25.7 Å². The zero-order valence-corrected chi connectivity index (χ0v) is 11.4. The van der Waals surface area contributed by atoms with Crippen LogP contribution in [0, 0.1) is 0 Å². The Balaban J connectivity index is 2.44. The maximum atomic E-state index is 11.4. The number of hydrogen-bond donors (Lipinski definition) is 1. The number of benzene rings is 1. The third kappa shape index (κ3) is 3.16. The van der Waals surface area contributed by atoms with Crippen molar-refractivity contribution in [2.45, 2.75) is 4.90 Å². The molecular formula is C14H12O5S. The van der Waals surface area contributed by atoms with Gasteiger partial charge in [-0.25, -0.2) is 13.2 Å². The van der Waals surface area contributed by atoms with Crippen molar-refractivity contribution in [3.8, 4) is 0 Å². The highest BCUT2D eigenvalue weighted by Gasteiger charge is 2.13. The van der Waals surface area contributed by atoms with E-state index in [0.717, 1.165) is 6.26 Å². The average Bonchev–Trinajstić information content (AvgIpc) is 2.87. The fourth-order valence-electron chi connectivity index (χ4n) is 1.67. The lowest BCUT2D eigenvalue weighted by molar-refractivity contribution is -0.130.